The number of esters is 1. The zero-order valence-corrected chi connectivity index (χ0v) is 9.86. The molecule has 0 saturated heterocycles. The summed E-state index contributed by atoms with van der Waals surface area (Å²) < 4.78 is 4.73. The van der Waals surface area contributed by atoms with Crippen LogP contribution >= 0.6 is 0 Å². The normalized spacial score (nSPS) is 10.9. The van der Waals surface area contributed by atoms with Crippen molar-refractivity contribution in [3.8, 4) is 0 Å². The van der Waals surface area contributed by atoms with Crippen molar-refractivity contribution < 1.29 is 19.4 Å². The largest absolute Gasteiger partial charge is 0.460 e. The third kappa shape index (κ3) is 11.0. The summed E-state index contributed by atoms with van der Waals surface area (Å²) in [6, 6.07) is 0. The van der Waals surface area contributed by atoms with E-state index < -0.39 is 5.97 Å². The number of carbonyl (C=O) groups is 2. The van der Waals surface area contributed by atoms with E-state index in [1.807, 2.05) is 0 Å². The molecule has 1 N–H and O–H groups in total. The van der Waals surface area contributed by atoms with Crippen LogP contribution < -0.4 is 0 Å². The van der Waals surface area contributed by atoms with Crippen molar-refractivity contribution in [2.75, 3.05) is 13.7 Å². The highest BCUT2D eigenvalue weighted by Gasteiger charge is 2.08. The van der Waals surface area contributed by atoms with Gasteiger partial charge >= 0.3 is 5.97 Å². The fourth-order valence-corrected chi connectivity index (χ4v) is 1.13. The van der Waals surface area contributed by atoms with Gasteiger partial charge in [0.25, 0.3) is 0 Å². The molecule has 0 aliphatic rings. The predicted octanol–water partition coefficient (Wildman–Crippen LogP) is 1.55. The monoisotopic (exact) mass is 218 g/mol. The Kier molecular flexibility index (Phi) is 14.4. The van der Waals surface area contributed by atoms with Gasteiger partial charge in [0.05, 0.1) is 6.61 Å². The molecule has 15 heavy (non-hydrogen) atoms. The van der Waals surface area contributed by atoms with Gasteiger partial charge in [-0.25, -0.2) is 4.79 Å². The quantitative estimate of drug-likeness (QED) is 0.400. The average molecular weight is 218 g/mol. The first-order valence-electron chi connectivity index (χ1n) is 5.31. The summed E-state index contributed by atoms with van der Waals surface area (Å²) in [4.78, 5) is 20.5. The Balaban J connectivity index is 0. The number of aliphatic hydroxyl groups is 1. The summed E-state index contributed by atoms with van der Waals surface area (Å²) >= 11 is 0. The third-order valence-electron chi connectivity index (χ3n) is 2.10. The molecule has 0 aromatic carbocycles. The lowest BCUT2D eigenvalue weighted by atomic mass is 10.0. The molecule has 0 heterocycles. The summed E-state index contributed by atoms with van der Waals surface area (Å²) in [6.45, 7) is 4.58. The Morgan fingerprint density at radius 3 is 2.40 bits per heavy atom. The molecule has 1 atom stereocenters. The van der Waals surface area contributed by atoms with E-state index >= 15 is 0 Å². The van der Waals surface area contributed by atoms with Crippen molar-refractivity contribution in [1.29, 1.82) is 0 Å². The van der Waals surface area contributed by atoms with Crippen LogP contribution in [0.2, 0.25) is 0 Å². The number of carbonyl (C=O) groups excluding carboxylic acids is 2. The van der Waals surface area contributed by atoms with E-state index in [1.165, 1.54) is 0 Å². The third-order valence-corrected chi connectivity index (χ3v) is 2.10. The molecule has 0 aromatic heterocycles. The SMILES string of the molecule is CCCCC(CC)COC(=O)C=O.CO. The van der Waals surface area contributed by atoms with Crippen LogP contribution in [-0.2, 0) is 14.3 Å². The van der Waals surface area contributed by atoms with Crippen LogP contribution in [0.3, 0.4) is 0 Å². The molecular formula is C11H22O4. The van der Waals surface area contributed by atoms with Gasteiger partial charge in [0.1, 0.15) is 0 Å². The van der Waals surface area contributed by atoms with Gasteiger partial charge in [-0.15, -0.1) is 0 Å². The second-order valence-corrected chi connectivity index (χ2v) is 3.16. The molecule has 4 heteroatoms. The first-order valence-corrected chi connectivity index (χ1v) is 5.31. The highest BCUT2D eigenvalue weighted by Crippen LogP contribution is 2.12. The molecule has 0 aliphatic heterocycles. The zero-order valence-electron chi connectivity index (χ0n) is 9.86. The van der Waals surface area contributed by atoms with E-state index in [2.05, 4.69) is 13.8 Å². The minimum Gasteiger partial charge on any atom is -0.460 e. The second kappa shape index (κ2) is 13.1. The Bertz CT molecular complexity index is 157. The lowest BCUT2D eigenvalue weighted by molar-refractivity contribution is -0.149. The summed E-state index contributed by atoms with van der Waals surface area (Å²) in [5.74, 6) is -0.348. The fraction of sp³-hybridized carbons (Fsp3) is 0.818. The molecule has 0 saturated carbocycles. The lowest BCUT2D eigenvalue weighted by Crippen LogP contribution is -2.14. The van der Waals surface area contributed by atoms with Gasteiger partial charge < -0.3 is 9.84 Å². The second-order valence-electron chi connectivity index (χ2n) is 3.16. The molecule has 90 valence electrons. The van der Waals surface area contributed by atoms with Crippen molar-refractivity contribution >= 4 is 12.3 Å². The Morgan fingerprint density at radius 2 is 2.00 bits per heavy atom. The van der Waals surface area contributed by atoms with Crippen molar-refractivity contribution in [2.45, 2.75) is 39.5 Å². The van der Waals surface area contributed by atoms with Crippen LogP contribution in [0, 0.1) is 5.92 Å². The minimum absolute atomic E-state index is 0.215. The first kappa shape index (κ1) is 16.5. The topological polar surface area (TPSA) is 63.6 Å². The van der Waals surface area contributed by atoms with Crippen molar-refractivity contribution in [3.63, 3.8) is 0 Å². The fourth-order valence-electron chi connectivity index (χ4n) is 1.13. The van der Waals surface area contributed by atoms with E-state index in [4.69, 9.17) is 9.84 Å². The maximum Gasteiger partial charge on any atom is 0.371 e. The molecule has 0 amide bonds. The van der Waals surface area contributed by atoms with Crippen LogP contribution in [0.1, 0.15) is 39.5 Å². The molecule has 0 aliphatic carbocycles. The van der Waals surface area contributed by atoms with Gasteiger partial charge in [-0.05, 0) is 12.3 Å². The summed E-state index contributed by atoms with van der Waals surface area (Å²) in [5, 5.41) is 7.00. The van der Waals surface area contributed by atoms with Crippen LogP contribution in [0.25, 0.3) is 0 Å². The van der Waals surface area contributed by atoms with Crippen LogP contribution in [0.15, 0.2) is 0 Å². The molecule has 0 aromatic rings. The van der Waals surface area contributed by atoms with Gasteiger partial charge in [0, 0.05) is 7.11 Å². The molecule has 0 rings (SSSR count). The van der Waals surface area contributed by atoms with E-state index in [9.17, 15) is 9.59 Å². The Morgan fingerprint density at radius 1 is 1.40 bits per heavy atom. The number of aldehydes is 1. The van der Waals surface area contributed by atoms with Gasteiger partial charge in [-0.3, -0.25) is 4.79 Å². The first-order chi connectivity index (χ1) is 7.24. The summed E-state index contributed by atoms with van der Waals surface area (Å²) in [6.07, 6.45) is 4.58. The van der Waals surface area contributed by atoms with Gasteiger partial charge in [-0.2, -0.15) is 0 Å². The van der Waals surface area contributed by atoms with Gasteiger partial charge in [-0.1, -0.05) is 33.1 Å². The summed E-state index contributed by atoms with van der Waals surface area (Å²) in [7, 11) is 1.00. The Hall–Kier alpha value is -0.900. The summed E-state index contributed by atoms with van der Waals surface area (Å²) in [5.41, 5.74) is 0. The molecule has 0 fully saturated rings. The maximum absolute atomic E-state index is 10.5. The zero-order chi connectivity index (χ0) is 12.1. The van der Waals surface area contributed by atoms with E-state index in [1.54, 1.807) is 0 Å². The molecule has 1 unspecified atom stereocenters. The standard InChI is InChI=1S/C10H18O3.CH4O/c1-3-5-6-9(4-2)8-13-10(12)7-11;1-2/h7,9H,3-6,8H2,1-2H3;2H,1H3. The van der Waals surface area contributed by atoms with Crippen molar-refractivity contribution in [3.05, 3.63) is 0 Å². The number of hydrogen-bond donors (Lipinski definition) is 1. The van der Waals surface area contributed by atoms with Crippen molar-refractivity contribution in [2.24, 2.45) is 5.92 Å². The Labute approximate surface area is 91.6 Å². The molecule has 0 bridgehead atoms. The molecule has 0 spiro atoms. The number of ether oxygens (including phenoxy) is 1. The van der Waals surface area contributed by atoms with E-state index in [-0.39, 0.29) is 6.29 Å². The number of unbranched alkanes of at least 4 members (excludes halogenated alkanes) is 1. The van der Waals surface area contributed by atoms with Crippen LogP contribution in [0.5, 0.6) is 0 Å². The predicted molar refractivity (Wildman–Crippen MR) is 58.5 cm³/mol. The highest BCUT2D eigenvalue weighted by molar-refractivity contribution is 6.20. The number of rotatable bonds is 7. The van der Waals surface area contributed by atoms with Gasteiger partial charge in [0.2, 0.25) is 6.29 Å². The number of hydrogen-bond acceptors (Lipinski definition) is 4. The molecule has 4 nitrogen and oxygen atoms in total. The highest BCUT2D eigenvalue weighted by atomic mass is 16.5. The van der Waals surface area contributed by atoms with E-state index in [0.717, 1.165) is 32.8 Å². The maximum atomic E-state index is 10.5. The van der Waals surface area contributed by atoms with Crippen LogP contribution in [-0.4, -0.2) is 31.1 Å². The minimum atomic E-state index is -0.755. The van der Waals surface area contributed by atoms with Gasteiger partial charge in [0.15, 0.2) is 0 Å². The lowest BCUT2D eigenvalue weighted by Gasteiger charge is -2.12. The number of aliphatic hydroxyl groups excluding tert-OH is 1. The molecule has 0 radical (unpaired) electrons. The molecular weight excluding hydrogens is 196 g/mol. The van der Waals surface area contributed by atoms with Crippen LogP contribution in [0.4, 0.5) is 0 Å². The van der Waals surface area contributed by atoms with E-state index in [0.29, 0.717) is 12.5 Å². The smallest absolute Gasteiger partial charge is 0.371 e. The average Bonchev–Trinajstić information content (AvgIpc) is 2.31. The van der Waals surface area contributed by atoms with Crippen molar-refractivity contribution in [1.82, 2.24) is 0 Å².